The van der Waals surface area contributed by atoms with Gasteiger partial charge in [0.25, 0.3) is 0 Å². The molecule has 0 fully saturated rings. The molecule has 100 valence electrons. The monoisotopic (exact) mass is 265 g/mol. The topological polar surface area (TPSA) is 111 Å². The van der Waals surface area contributed by atoms with E-state index in [9.17, 15) is 18.0 Å². The molecule has 1 aromatic rings. The molecular formula is C9H10F3N3O3. The zero-order valence-electron chi connectivity index (χ0n) is 8.99. The maximum Gasteiger partial charge on any atom is 0.574 e. The molecule has 0 amide bonds. The molecule has 1 aromatic heterocycles. The van der Waals surface area contributed by atoms with Crippen molar-refractivity contribution < 1.29 is 27.8 Å². The van der Waals surface area contributed by atoms with Gasteiger partial charge in [0.05, 0.1) is 6.42 Å². The zero-order chi connectivity index (χ0) is 13.9. The summed E-state index contributed by atoms with van der Waals surface area (Å²) in [6.45, 7) is -0.131. The minimum atomic E-state index is -4.93. The Kier molecular flexibility index (Phi) is 3.96. The fraction of sp³-hybridized carbons (Fsp3) is 0.333. The summed E-state index contributed by atoms with van der Waals surface area (Å²) in [6.07, 6.45) is -5.45. The van der Waals surface area contributed by atoms with Crippen LogP contribution in [0.25, 0.3) is 0 Å². The van der Waals surface area contributed by atoms with Crippen molar-refractivity contribution in [3.8, 4) is 5.88 Å². The van der Waals surface area contributed by atoms with Crippen LogP contribution in [0.4, 0.5) is 19.0 Å². The number of carboxylic acids is 1. The number of rotatable bonds is 4. The molecular weight excluding hydrogens is 255 g/mol. The predicted octanol–water partition coefficient (Wildman–Crippen LogP) is 0.648. The highest BCUT2D eigenvalue weighted by Gasteiger charge is 2.32. The Balaban J connectivity index is 3.17. The van der Waals surface area contributed by atoms with Crippen LogP contribution in [0.2, 0.25) is 0 Å². The van der Waals surface area contributed by atoms with Gasteiger partial charge in [-0.25, -0.2) is 0 Å². The van der Waals surface area contributed by atoms with Crippen molar-refractivity contribution in [1.82, 2.24) is 4.98 Å². The highest BCUT2D eigenvalue weighted by molar-refractivity contribution is 5.71. The number of aliphatic carboxylic acids is 1. The highest BCUT2D eigenvalue weighted by Crippen LogP contribution is 2.26. The SMILES string of the molecule is NCc1c(CC(=O)O)cc(OC(F)(F)F)nc1N. The molecule has 0 bridgehead atoms. The van der Waals surface area contributed by atoms with Gasteiger partial charge >= 0.3 is 12.3 Å². The van der Waals surface area contributed by atoms with Crippen molar-refractivity contribution in [2.75, 3.05) is 5.73 Å². The van der Waals surface area contributed by atoms with Gasteiger partial charge in [0.15, 0.2) is 0 Å². The highest BCUT2D eigenvalue weighted by atomic mass is 19.4. The number of anilines is 1. The number of alkyl halides is 3. The number of pyridine rings is 1. The van der Waals surface area contributed by atoms with Crippen molar-refractivity contribution in [2.24, 2.45) is 5.73 Å². The van der Waals surface area contributed by atoms with E-state index >= 15 is 0 Å². The molecule has 0 saturated heterocycles. The summed E-state index contributed by atoms with van der Waals surface area (Å²) in [7, 11) is 0. The number of aromatic nitrogens is 1. The van der Waals surface area contributed by atoms with Gasteiger partial charge in [-0.05, 0) is 5.56 Å². The molecule has 5 N–H and O–H groups in total. The van der Waals surface area contributed by atoms with Crippen LogP contribution in [0.3, 0.4) is 0 Å². The summed E-state index contributed by atoms with van der Waals surface area (Å²) in [5.41, 5.74) is 11.0. The second-order valence-electron chi connectivity index (χ2n) is 3.31. The van der Waals surface area contributed by atoms with Crippen LogP contribution in [-0.4, -0.2) is 22.4 Å². The van der Waals surface area contributed by atoms with Crippen LogP contribution in [-0.2, 0) is 17.8 Å². The Morgan fingerprint density at radius 1 is 1.50 bits per heavy atom. The molecule has 0 saturated carbocycles. The minimum Gasteiger partial charge on any atom is -0.481 e. The van der Waals surface area contributed by atoms with Gasteiger partial charge in [-0.15, -0.1) is 13.2 Å². The van der Waals surface area contributed by atoms with E-state index in [4.69, 9.17) is 16.6 Å². The molecule has 1 heterocycles. The molecule has 0 aliphatic rings. The first-order chi connectivity index (χ1) is 8.23. The van der Waals surface area contributed by atoms with Crippen LogP contribution < -0.4 is 16.2 Å². The van der Waals surface area contributed by atoms with Crippen LogP contribution in [0.5, 0.6) is 5.88 Å². The van der Waals surface area contributed by atoms with E-state index in [1.165, 1.54) is 0 Å². The Morgan fingerprint density at radius 3 is 2.56 bits per heavy atom. The van der Waals surface area contributed by atoms with Gasteiger partial charge in [0.1, 0.15) is 5.82 Å². The Labute approximate surface area is 99.4 Å². The predicted molar refractivity (Wildman–Crippen MR) is 54.6 cm³/mol. The van der Waals surface area contributed by atoms with Gasteiger partial charge in [-0.3, -0.25) is 4.79 Å². The molecule has 0 atom stereocenters. The fourth-order valence-corrected chi connectivity index (χ4v) is 1.35. The van der Waals surface area contributed by atoms with E-state index in [0.717, 1.165) is 6.07 Å². The first-order valence-electron chi connectivity index (χ1n) is 4.69. The van der Waals surface area contributed by atoms with Gasteiger partial charge in [-0.2, -0.15) is 4.98 Å². The molecule has 0 aliphatic carbocycles. The molecule has 9 heteroatoms. The van der Waals surface area contributed by atoms with Crippen LogP contribution in [0.1, 0.15) is 11.1 Å². The third-order valence-corrected chi connectivity index (χ3v) is 1.99. The number of nitrogen functional groups attached to an aromatic ring is 1. The quantitative estimate of drug-likeness (QED) is 0.736. The molecule has 18 heavy (non-hydrogen) atoms. The third-order valence-electron chi connectivity index (χ3n) is 1.99. The maximum atomic E-state index is 12.0. The van der Waals surface area contributed by atoms with Crippen molar-refractivity contribution in [2.45, 2.75) is 19.3 Å². The van der Waals surface area contributed by atoms with Crippen molar-refractivity contribution in [3.63, 3.8) is 0 Å². The van der Waals surface area contributed by atoms with Crippen molar-refractivity contribution >= 4 is 11.8 Å². The van der Waals surface area contributed by atoms with Crippen LogP contribution in [0, 0.1) is 0 Å². The van der Waals surface area contributed by atoms with Gasteiger partial charge in [0.2, 0.25) is 5.88 Å². The summed E-state index contributed by atoms with van der Waals surface area (Å²) in [5.74, 6) is -2.32. The third kappa shape index (κ3) is 3.77. The molecule has 0 radical (unpaired) electrons. The van der Waals surface area contributed by atoms with E-state index < -0.39 is 24.6 Å². The fourth-order valence-electron chi connectivity index (χ4n) is 1.35. The number of ether oxygens (including phenoxy) is 1. The minimum absolute atomic E-state index is 0.0387. The average molecular weight is 265 g/mol. The molecule has 0 spiro atoms. The summed E-state index contributed by atoms with van der Waals surface area (Å²) >= 11 is 0. The number of nitrogens with zero attached hydrogens (tertiary/aromatic N) is 1. The van der Waals surface area contributed by atoms with E-state index in [1.807, 2.05) is 0 Å². The number of nitrogens with two attached hydrogens (primary N) is 2. The first-order valence-corrected chi connectivity index (χ1v) is 4.69. The number of hydrogen-bond donors (Lipinski definition) is 3. The largest absolute Gasteiger partial charge is 0.574 e. The molecule has 1 rings (SSSR count). The lowest BCUT2D eigenvalue weighted by molar-refractivity contribution is -0.276. The van der Waals surface area contributed by atoms with Crippen LogP contribution in [0.15, 0.2) is 6.07 Å². The Bertz CT molecular complexity index is 462. The van der Waals surface area contributed by atoms with Crippen LogP contribution >= 0.6 is 0 Å². The lowest BCUT2D eigenvalue weighted by Gasteiger charge is -2.13. The second-order valence-corrected chi connectivity index (χ2v) is 3.31. The number of carbonyl (C=O) groups is 1. The normalized spacial score (nSPS) is 11.3. The van der Waals surface area contributed by atoms with Crippen molar-refractivity contribution in [1.29, 1.82) is 0 Å². The molecule has 0 unspecified atom stereocenters. The Hall–Kier alpha value is -2.03. The van der Waals surface area contributed by atoms with Crippen molar-refractivity contribution in [3.05, 3.63) is 17.2 Å². The maximum absolute atomic E-state index is 12.0. The number of hydrogen-bond acceptors (Lipinski definition) is 5. The molecule has 0 aliphatic heterocycles. The van der Waals surface area contributed by atoms with E-state index in [2.05, 4.69) is 9.72 Å². The summed E-state index contributed by atoms with van der Waals surface area (Å²) in [4.78, 5) is 13.9. The van der Waals surface area contributed by atoms with E-state index in [0.29, 0.717) is 0 Å². The van der Waals surface area contributed by atoms with Gasteiger partial charge < -0.3 is 21.3 Å². The van der Waals surface area contributed by atoms with E-state index in [-0.39, 0.29) is 23.5 Å². The molecule has 0 aromatic carbocycles. The Morgan fingerprint density at radius 2 is 2.11 bits per heavy atom. The number of carboxylic acid groups (broad SMARTS) is 1. The van der Waals surface area contributed by atoms with Gasteiger partial charge in [0, 0.05) is 18.2 Å². The number of halogens is 3. The summed E-state index contributed by atoms with van der Waals surface area (Å²) in [5, 5.41) is 8.64. The van der Waals surface area contributed by atoms with Gasteiger partial charge in [-0.1, -0.05) is 0 Å². The summed E-state index contributed by atoms with van der Waals surface area (Å²) in [6, 6.07) is 0.861. The average Bonchev–Trinajstić information content (AvgIpc) is 2.13. The summed E-state index contributed by atoms with van der Waals surface area (Å²) < 4.78 is 39.6. The lowest BCUT2D eigenvalue weighted by Crippen LogP contribution is -2.19. The molecule has 6 nitrogen and oxygen atoms in total. The first kappa shape index (κ1) is 14.0. The second kappa shape index (κ2) is 5.08. The standard InChI is InChI=1S/C9H10F3N3O3/c10-9(11,12)18-6-1-4(2-7(16)17)5(3-13)8(14)15-6/h1H,2-3,13H2,(H2,14,15)(H,16,17). The van der Waals surface area contributed by atoms with E-state index in [1.54, 1.807) is 0 Å². The smallest absolute Gasteiger partial charge is 0.481 e. The lowest BCUT2D eigenvalue weighted by atomic mass is 10.1. The zero-order valence-corrected chi connectivity index (χ0v) is 8.99.